The zero-order valence-electron chi connectivity index (χ0n) is 14.0. The third kappa shape index (κ3) is 3.81. The molecule has 3 N–H and O–H groups in total. The number of hydrogen-bond donors (Lipinski definition) is 2. The summed E-state index contributed by atoms with van der Waals surface area (Å²) in [5.74, 6) is -0.0707. The van der Waals surface area contributed by atoms with Crippen LogP contribution in [0.15, 0.2) is 35.6 Å². The third-order valence-corrected chi connectivity index (χ3v) is 5.24. The number of thioether (sulfide) groups is 1. The number of hydrogen-bond acceptors (Lipinski definition) is 6. The van der Waals surface area contributed by atoms with E-state index in [4.69, 9.17) is 17.3 Å². The summed E-state index contributed by atoms with van der Waals surface area (Å²) in [6, 6.07) is 4.42. The Morgan fingerprint density at radius 1 is 1.42 bits per heavy atom. The van der Waals surface area contributed by atoms with Crippen LogP contribution in [0.25, 0.3) is 0 Å². The summed E-state index contributed by atoms with van der Waals surface area (Å²) in [5, 5.41) is 3.34. The maximum absolute atomic E-state index is 14.6. The molecule has 9 heteroatoms. The van der Waals surface area contributed by atoms with Gasteiger partial charge in [0.1, 0.15) is 16.7 Å². The Hall–Kier alpha value is -2.19. The van der Waals surface area contributed by atoms with Gasteiger partial charge < -0.3 is 11.1 Å². The molecule has 0 aliphatic carbocycles. The normalized spacial score (nSPS) is 19.7. The maximum Gasteiger partial charge on any atom is 0.275 e. The van der Waals surface area contributed by atoms with Crippen molar-refractivity contribution >= 4 is 40.1 Å². The van der Waals surface area contributed by atoms with Gasteiger partial charge in [0.2, 0.25) is 0 Å². The number of benzene rings is 1. The molecule has 1 amide bonds. The number of carbonyl (C=O) groups is 1. The molecule has 1 aromatic carbocycles. The fourth-order valence-electron chi connectivity index (χ4n) is 2.85. The zero-order chi connectivity index (χ0) is 18.7. The van der Waals surface area contributed by atoms with E-state index in [1.54, 1.807) is 6.07 Å². The summed E-state index contributed by atoms with van der Waals surface area (Å²) in [7, 11) is 0. The topological polar surface area (TPSA) is 93.3 Å². The van der Waals surface area contributed by atoms with Gasteiger partial charge in [-0.15, -0.1) is 0 Å². The largest absolute Gasteiger partial charge is 0.379 e. The first kappa shape index (κ1) is 18.6. The number of anilines is 1. The summed E-state index contributed by atoms with van der Waals surface area (Å²) in [4.78, 5) is 24.6. The van der Waals surface area contributed by atoms with E-state index in [2.05, 4.69) is 20.3 Å². The minimum Gasteiger partial charge on any atom is -0.379 e. The van der Waals surface area contributed by atoms with Crippen LogP contribution in [0, 0.1) is 5.82 Å². The van der Waals surface area contributed by atoms with Gasteiger partial charge in [-0.1, -0.05) is 30.3 Å². The Balaban J connectivity index is 1.91. The minimum absolute atomic E-state index is 0.113. The molecule has 0 spiro atoms. The zero-order valence-corrected chi connectivity index (χ0v) is 15.6. The molecular weight excluding hydrogens is 377 g/mol. The van der Waals surface area contributed by atoms with Crippen molar-refractivity contribution < 1.29 is 9.18 Å². The first-order valence-electron chi connectivity index (χ1n) is 8.00. The first-order chi connectivity index (χ1) is 12.4. The van der Waals surface area contributed by atoms with Crippen LogP contribution in [0.5, 0.6) is 0 Å². The van der Waals surface area contributed by atoms with Crippen molar-refractivity contribution in [2.24, 2.45) is 10.7 Å². The molecule has 1 aliphatic heterocycles. The first-order valence-corrected chi connectivity index (χ1v) is 9.37. The maximum atomic E-state index is 14.6. The Bertz CT molecular complexity index is 861. The molecule has 6 nitrogen and oxygen atoms in total. The highest BCUT2D eigenvalue weighted by Crippen LogP contribution is 2.40. The van der Waals surface area contributed by atoms with Crippen molar-refractivity contribution in [2.45, 2.75) is 25.3 Å². The molecule has 1 unspecified atom stereocenters. The van der Waals surface area contributed by atoms with E-state index in [1.807, 2.05) is 6.92 Å². The van der Waals surface area contributed by atoms with Crippen molar-refractivity contribution in [1.29, 1.82) is 0 Å². The van der Waals surface area contributed by atoms with Crippen molar-refractivity contribution in [3.05, 3.63) is 52.8 Å². The summed E-state index contributed by atoms with van der Waals surface area (Å²) in [6.45, 7) is 1.95. The highest BCUT2D eigenvalue weighted by atomic mass is 35.5. The number of nitrogens with two attached hydrogens (primary N) is 1. The van der Waals surface area contributed by atoms with Crippen LogP contribution in [-0.4, -0.2) is 26.8 Å². The van der Waals surface area contributed by atoms with E-state index < -0.39 is 11.4 Å². The molecule has 0 bridgehead atoms. The molecule has 136 valence electrons. The molecule has 0 saturated carbocycles. The Morgan fingerprint density at radius 2 is 2.23 bits per heavy atom. The van der Waals surface area contributed by atoms with Crippen molar-refractivity contribution in [3.8, 4) is 0 Å². The predicted molar refractivity (Wildman–Crippen MR) is 102 cm³/mol. The lowest BCUT2D eigenvalue weighted by atomic mass is 9.84. The number of halogens is 2. The Kier molecular flexibility index (Phi) is 5.43. The summed E-state index contributed by atoms with van der Waals surface area (Å²) in [5.41, 5.74) is 6.13. The van der Waals surface area contributed by atoms with Crippen molar-refractivity contribution in [1.82, 2.24) is 9.97 Å². The van der Waals surface area contributed by atoms with E-state index in [1.165, 1.54) is 36.3 Å². The lowest BCUT2D eigenvalue weighted by Crippen LogP contribution is -2.32. The molecule has 0 saturated heterocycles. The highest BCUT2D eigenvalue weighted by molar-refractivity contribution is 8.13. The van der Waals surface area contributed by atoms with Gasteiger partial charge in [0.15, 0.2) is 5.17 Å². The van der Waals surface area contributed by atoms with Gasteiger partial charge in [0, 0.05) is 17.0 Å². The number of nitrogens with one attached hydrogen (secondary N) is 1. The number of amides is 1. The van der Waals surface area contributed by atoms with Gasteiger partial charge in [0.25, 0.3) is 5.91 Å². The molecule has 1 aromatic heterocycles. The fourth-order valence-corrected chi connectivity index (χ4v) is 3.83. The van der Waals surface area contributed by atoms with Gasteiger partial charge in [-0.3, -0.25) is 9.79 Å². The van der Waals surface area contributed by atoms with Crippen LogP contribution in [0.3, 0.4) is 0 Å². The average molecular weight is 394 g/mol. The molecule has 3 rings (SSSR count). The van der Waals surface area contributed by atoms with Crippen LogP contribution < -0.4 is 11.1 Å². The molecule has 1 aliphatic rings. The molecule has 0 radical (unpaired) electrons. The molecule has 2 aromatic rings. The van der Waals surface area contributed by atoms with Gasteiger partial charge >= 0.3 is 0 Å². The average Bonchev–Trinajstić information content (AvgIpc) is 2.63. The van der Waals surface area contributed by atoms with Crippen LogP contribution in [0.2, 0.25) is 5.15 Å². The summed E-state index contributed by atoms with van der Waals surface area (Å²) in [6.07, 6.45) is 3.84. The van der Waals surface area contributed by atoms with Crippen molar-refractivity contribution in [2.75, 3.05) is 11.1 Å². The van der Waals surface area contributed by atoms with Crippen molar-refractivity contribution in [3.63, 3.8) is 0 Å². The van der Waals surface area contributed by atoms with Gasteiger partial charge in [-0.25, -0.2) is 14.4 Å². The minimum atomic E-state index is -0.722. The van der Waals surface area contributed by atoms with Crippen LogP contribution in [0.4, 0.5) is 10.1 Å². The molecular formula is C17H17ClFN5OS. The predicted octanol–water partition coefficient (Wildman–Crippen LogP) is 3.58. The second-order valence-electron chi connectivity index (χ2n) is 5.81. The Morgan fingerprint density at radius 3 is 2.88 bits per heavy atom. The fraction of sp³-hybridized carbons (Fsp3) is 0.294. The summed E-state index contributed by atoms with van der Waals surface area (Å²) < 4.78 is 14.6. The second-order valence-corrected chi connectivity index (χ2v) is 7.31. The van der Waals surface area contributed by atoms with E-state index >= 15 is 0 Å². The number of aromatic nitrogens is 2. The quantitative estimate of drug-likeness (QED) is 0.828. The van der Waals surface area contributed by atoms with E-state index in [9.17, 15) is 9.18 Å². The van der Waals surface area contributed by atoms with E-state index in [0.717, 1.165) is 5.75 Å². The standard InChI is InChI=1S/C17H17ClFN5OS/c1-2-17(5-6-26-16(20)24-17)11-7-10(3-4-12(11)19)23-15(25)13-8-22-14(18)9-21-13/h3-4,7-9H,2,5-6H2,1H3,(H2,20,24)(H,23,25). The summed E-state index contributed by atoms with van der Waals surface area (Å²) >= 11 is 7.13. The number of rotatable bonds is 4. The van der Waals surface area contributed by atoms with E-state index in [0.29, 0.717) is 29.3 Å². The van der Waals surface area contributed by atoms with Crippen LogP contribution >= 0.6 is 23.4 Å². The van der Waals surface area contributed by atoms with Gasteiger partial charge in [-0.05, 0) is 31.0 Å². The van der Waals surface area contributed by atoms with Crippen LogP contribution in [-0.2, 0) is 5.54 Å². The molecule has 2 heterocycles. The monoisotopic (exact) mass is 393 g/mol. The lowest BCUT2D eigenvalue weighted by Gasteiger charge is -2.33. The Labute approximate surface area is 159 Å². The SMILES string of the molecule is CCC1(c2cc(NC(=O)c3cnc(Cl)cn3)ccc2F)CCSC(N)=N1. The number of amidine groups is 1. The molecule has 0 fully saturated rings. The molecule has 1 atom stereocenters. The lowest BCUT2D eigenvalue weighted by molar-refractivity contribution is 0.102. The smallest absolute Gasteiger partial charge is 0.275 e. The van der Waals surface area contributed by atoms with E-state index in [-0.39, 0.29) is 16.7 Å². The number of nitrogens with zero attached hydrogens (tertiary/aromatic N) is 3. The van der Waals surface area contributed by atoms with Crippen LogP contribution in [0.1, 0.15) is 35.8 Å². The second kappa shape index (κ2) is 7.59. The highest BCUT2D eigenvalue weighted by Gasteiger charge is 2.35. The number of aliphatic imine (C=N–C) groups is 1. The van der Waals surface area contributed by atoms with Gasteiger partial charge in [0.05, 0.1) is 17.9 Å². The third-order valence-electron chi connectivity index (χ3n) is 4.25. The molecule has 26 heavy (non-hydrogen) atoms. The van der Waals surface area contributed by atoms with Gasteiger partial charge in [-0.2, -0.15) is 0 Å². The number of carbonyl (C=O) groups excluding carboxylic acids is 1.